The SMILES string of the molecule is Pc1ccccc1Oc1ccccc1. The van der Waals surface area contributed by atoms with Crippen molar-refractivity contribution in [2.45, 2.75) is 0 Å². The third-order valence-corrected chi connectivity index (χ3v) is 2.37. The Labute approximate surface area is 85.9 Å². The Kier molecular flexibility index (Phi) is 2.81. The average Bonchev–Trinajstić information content (AvgIpc) is 2.23. The number of hydrogen-bond donors (Lipinski definition) is 0. The van der Waals surface area contributed by atoms with Crippen molar-refractivity contribution >= 4 is 14.5 Å². The van der Waals surface area contributed by atoms with Gasteiger partial charge in [-0.1, -0.05) is 36.4 Å². The molecule has 1 nitrogen and oxygen atoms in total. The lowest BCUT2D eigenvalue weighted by Crippen LogP contribution is -1.96. The maximum absolute atomic E-state index is 5.69. The van der Waals surface area contributed by atoms with Crippen LogP contribution in [-0.4, -0.2) is 0 Å². The first-order valence-corrected chi connectivity index (χ1v) is 5.01. The van der Waals surface area contributed by atoms with Gasteiger partial charge in [0, 0.05) is 5.30 Å². The van der Waals surface area contributed by atoms with E-state index in [2.05, 4.69) is 9.24 Å². The molecule has 1 unspecified atom stereocenters. The summed E-state index contributed by atoms with van der Waals surface area (Å²) in [5.74, 6) is 1.74. The fourth-order valence-corrected chi connectivity index (χ4v) is 1.46. The summed E-state index contributed by atoms with van der Waals surface area (Å²) in [5, 5.41) is 1.07. The van der Waals surface area contributed by atoms with Gasteiger partial charge < -0.3 is 4.74 Å². The molecule has 0 radical (unpaired) electrons. The molecular formula is C12H11OP. The minimum Gasteiger partial charge on any atom is -0.457 e. The Morgan fingerprint density at radius 2 is 1.43 bits per heavy atom. The second-order valence-electron chi connectivity index (χ2n) is 2.95. The van der Waals surface area contributed by atoms with Gasteiger partial charge in [0.1, 0.15) is 11.5 Å². The van der Waals surface area contributed by atoms with E-state index in [4.69, 9.17) is 4.74 Å². The zero-order valence-electron chi connectivity index (χ0n) is 7.68. The van der Waals surface area contributed by atoms with E-state index < -0.39 is 0 Å². The fourth-order valence-electron chi connectivity index (χ4n) is 1.19. The first kappa shape index (κ1) is 9.23. The molecule has 0 amide bonds. The summed E-state index contributed by atoms with van der Waals surface area (Å²) in [6.07, 6.45) is 0. The molecule has 0 heterocycles. The van der Waals surface area contributed by atoms with Crippen molar-refractivity contribution in [3.05, 3.63) is 54.6 Å². The first-order chi connectivity index (χ1) is 6.86. The third-order valence-electron chi connectivity index (χ3n) is 1.89. The van der Waals surface area contributed by atoms with Crippen LogP contribution in [0.25, 0.3) is 0 Å². The van der Waals surface area contributed by atoms with E-state index in [1.807, 2.05) is 54.6 Å². The molecule has 0 fully saturated rings. The van der Waals surface area contributed by atoms with Gasteiger partial charge in [-0.15, -0.1) is 9.24 Å². The molecule has 2 aromatic rings. The summed E-state index contributed by atoms with van der Waals surface area (Å²) < 4.78 is 5.69. The second-order valence-corrected chi connectivity index (χ2v) is 3.57. The van der Waals surface area contributed by atoms with Crippen LogP contribution >= 0.6 is 9.24 Å². The van der Waals surface area contributed by atoms with Gasteiger partial charge in [-0.2, -0.15) is 0 Å². The van der Waals surface area contributed by atoms with Crippen LogP contribution in [0.1, 0.15) is 0 Å². The minimum absolute atomic E-state index is 0.863. The van der Waals surface area contributed by atoms with Crippen molar-refractivity contribution in [3.8, 4) is 11.5 Å². The molecule has 0 N–H and O–H groups in total. The average molecular weight is 202 g/mol. The molecule has 70 valence electrons. The molecule has 1 atom stereocenters. The van der Waals surface area contributed by atoms with Gasteiger partial charge in [-0.05, 0) is 18.2 Å². The van der Waals surface area contributed by atoms with Gasteiger partial charge in [-0.25, -0.2) is 0 Å². The Balaban J connectivity index is 2.24. The number of ether oxygens (including phenoxy) is 1. The van der Waals surface area contributed by atoms with Crippen molar-refractivity contribution in [3.63, 3.8) is 0 Å². The maximum Gasteiger partial charge on any atom is 0.134 e. The smallest absolute Gasteiger partial charge is 0.134 e. The molecule has 0 spiro atoms. The summed E-state index contributed by atoms with van der Waals surface area (Å²) in [7, 11) is 2.66. The first-order valence-electron chi connectivity index (χ1n) is 4.43. The van der Waals surface area contributed by atoms with Gasteiger partial charge in [0.05, 0.1) is 0 Å². The molecule has 0 aliphatic heterocycles. The number of hydrogen-bond acceptors (Lipinski definition) is 1. The minimum atomic E-state index is 0.863. The lowest BCUT2D eigenvalue weighted by Gasteiger charge is -2.07. The largest absolute Gasteiger partial charge is 0.457 e. The molecule has 0 bridgehead atoms. The van der Waals surface area contributed by atoms with Crippen molar-refractivity contribution < 1.29 is 4.74 Å². The molecule has 0 aliphatic carbocycles. The Hall–Kier alpha value is -1.33. The van der Waals surface area contributed by atoms with Crippen LogP contribution in [-0.2, 0) is 0 Å². The van der Waals surface area contributed by atoms with Gasteiger partial charge in [0.15, 0.2) is 0 Å². The topological polar surface area (TPSA) is 9.23 Å². The molecule has 0 saturated carbocycles. The van der Waals surface area contributed by atoms with Crippen LogP contribution in [0.5, 0.6) is 11.5 Å². The summed E-state index contributed by atoms with van der Waals surface area (Å²) in [4.78, 5) is 0. The van der Waals surface area contributed by atoms with Gasteiger partial charge in [0.2, 0.25) is 0 Å². The summed E-state index contributed by atoms with van der Waals surface area (Å²) in [6.45, 7) is 0. The molecule has 0 saturated heterocycles. The Bertz CT molecular complexity index is 412. The van der Waals surface area contributed by atoms with E-state index in [1.54, 1.807) is 0 Å². The van der Waals surface area contributed by atoms with E-state index in [9.17, 15) is 0 Å². The molecule has 2 rings (SSSR count). The number of para-hydroxylation sites is 2. The Morgan fingerprint density at radius 1 is 0.786 bits per heavy atom. The molecule has 14 heavy (non-hydrogen) atoms. The van der Waals surface area contributed by atoms with Crippen LogP contribution in [0.3, 0.4) is 0 Å². The van der Waals surface area contributed by atoms with Crippen molar-refractivity contribution in [2.24, 2.45) is 0 Å². The van der Waals surface area contributed by atoms with Gasteiger partial charge in [-0.3, -0.25) is 0 Å². The predicted octanol–water partition coefficient (Wildman–Crippen LogP) is 2.98. The zero-order chi connectivity index (χ0) is 9.80. The molecule has 2 heteroatoms. The normalized spacial score (nSPS) is 9.79. The third kappa shape index (κ3) is 2.12. The van der Waals surface area contributed by atoms with Crippen LogP contribution in [0.15, 0.2) is 54.6 Å². The van der Waals surface area contributed by atoms with Crippen LogP contribution < -0.4 is 10.0 Å². The fraction of sp³-hybridized carbons (Fsp3) is 0. The summed E-state index contributed by atoms with van der Waals surface area (Å²) >= 11 is 0. The van der Waals surface area contributed by atoms with Crippen molar-refractivity contribution in [2.75, 3.05) is 0 Å². The molecule has 2 aromatic carbocycles. The lowest BCUT2D eigenvalue weighted by atomic mass is 10.3. The predicted molar refractivity (Wildman–Crippen MR) is 62.3 cm³/mol. The van der Waals surface area contributed by atoms with Gasteiger partial charge in [0.25, 0.3) is 0 Å². The maximum atomic E-state index is 5.69. The van der Waals surface area contributed by atoms with Crippen LogP contribution in [0.4, 0.5) is 0 Å². The Morgan fingerprint density at radius 3 is 2.14 bits per heavy atom. The molecular weight excluding hydrogens is 191 g/mol. The van der Waals surface area contributed by atoms with E-state index in [0.29, 0.717) is 0 Å². The monoisotopic (exact) mass is 202 g/mol. The van der Waals surface area contributed by atoms with Crippen molar-refractivity contribution in [1.82, 2.24) is 0 Å². The zero-order valence-corrected chi connectivity index (χ0v) is 8.84. The van der Waals surface area contributed by atoms with E-state index in [1.165, 1.54) is 0 Å². The summed E-state index contributed by atoms with van der Waals surface area (Å²) in [6, 6.07) is 17.7. The van der Waals surface area contributed by atoms with E-state index in [0.717, 1.165) is 16.8 Å². The second kappa shape index (κ2) is 4.26. The summed E-state index contributed by atoms with van der Waals surface area (Å²) in [5.41, 5.74) is 0. The van der Waals surface area contributed by atoms with E-state index >= 15 is 0 Å². The highest BCUT2D eigenvalue weighted by atomic mass is 31.0. The quantitative estimate of drug-likeness (QED) is 0.680. The van der Waals surface area contributed by atoms with Crippen molar-refractivity contribution in [1.29, 1.82) is 0 Å². The highest BCUT2D eigenvalue weighted by molar-refractivity contribution is 7.27. The van der Waals surface area contributed by atoms with Crippen LogP contribution in [0.2, 0.25) is 0 Å². The number of benzene rings is 2. The van der Waals surface area contributed by atoms with Gasteiger partial charge >= 0.3 is 0 Å². The number of rotatable bonds is 2. The lowest BCUT2D eigenvalue weighted by molar-refractivity contribution is 0.487. The van der Waals surface area contributed by atoms with Crippen LogP contribution in [0, 0.1) is 0 Å². The van der Waals surface area contributed by atoms with E-state index in [-0.39, 0.29) is 0 Å². The highest BCUT2D eigenvalue weighted by Crippen LogP contribution is 2.19. The standard InChI is InChI=1S/C12H11OP/c14-12-9-5-4-8-11(12)13-10-6-2-1-3-7-10/h1-9H,14H2. The highest BCUT2D eigenvalue weighted by Gasteiger charge is 1.98. The molecule has 0 aromatic heterocycles. The molecule has 0 aliphatic rings.